The van der Waals surface area contributed by atoms with E-state index in [0.29, 0.717) is 13.0 Å². The number of likely N-dealkylation sites (tertiary alicyclic amines) is 1. The van der Waals surface area contributed by atoms with Gasteiger partial charge in [0.1, 0.15) is 5.54 Å². The average Bonchev–Trinajstić information content (AvgIpc) is 2.93. The highest BCUT2D eigenvalue weighted by Crippen LogP contribution is 2.26. The zero-order valence-electron chi connectivity index (χ0n) is 11.5. The molecule has 1 fully saturated rings. The molecule has 1 aliphatic heterocycles. The molecule has 0 radical (unpaired) electrons. The molecular weight excluding hydrogens is 254 g/mol. The van der Waals surface area contributed by atoms with Crippen LogP contribution in [-0.4, -0.2) is 39.6 Å². The maximum atomic E-state index is 11.2. The van der Waals surface area contributed by atoms with Gasteiger partial charge in [0.15, 0.2) is 0 Å². The molecule has 1 aromatic carbocycles. The second-order valence-corrected chi connectivity index (χ2v) is 5.70. The fourth-order valence-electron chi connectivity index (χ4n) is 2.99. The number of aryl methyl sites for hydroxylation is 1. The van der Waals surface area contributed by atoms with Crippen molar-refractivity contribution in [3.63, 3.8) is 0 Å². The summed E-state index contributed by atoms with van der Waals surface area (Å²) in [4.78, 5) is 16.7. The topological polar surface area (TPSA) is 82.3 Å². The van der Waals surface area contributed by atoms with Crippen molar-refractivity contribution in [1.29, 1.82) is 0 Å². The zero-order valence-corrected chi connectivity index (χ0v) is 11.5. The van der Waals surface area contributed by atoms with Crippen LogP contribution in [0.3, 0.4) is 0 Å². The number of H-pyrrole nitrogens is 1. The van der Waals surface area contributed by atoms with Gasteiger partial charge in [-0.05, 0) is 25.0 Å². The van der Waals surface area contributed by atoms with Crippen LogP contribution >= 0.6 is 0 Å². The first-order valence-electron chi connectivity index (χ1n) is 6.80. The number of benzene rings is 1. The van der Waals surface area contributed by atoms with Gasteiger partial charge in [-0.15, -0.1) is 0 Å². The highest BCUT2D eigenvalue weighted by Gasteiger charge is 2.41. The molecule has 20 heavy (non-hydrogen) atoms. The molecule has 1 saturated heterocycles. The first-order valence-corrected chi connectivity index (χ1v) is 6.80. The number of aromatic amines is 1. The molecule has 106 valence electrons. The molecule has 5 nitrogen and oxygen atoms in total. The van der Waals surface area contributed by atoms with Crippen molar-refractivity contribution in [2.24, 2.45) is 5.73 Å². The van der Waals surface area contributed by atoms with Crippen LogP contribution in [0.25, 0.3) is 10.9 Å². The van der Waals surface area contributed by atoms with Gasteiger partial charge in [0.2, 0.25) is 0 Å². The van der Waals surface area contributed by atoms with E-state index in [4.69, 9.17) is 5.73 Å². The van der Waals surface area contributed by atoms with Gasteiger partial charge in [-0.1, -0.05) is 18.2 Å². The molecule has 0 bridgehead atoms. The Balaban J connectivity index is 1.85. The van der Waals surface area contributed by atoms with E-state index in [2.05, 4.69) is 28.9 Å². The van der Waals surface area contributed by atoms with E-state index in [1.807, 2.05) is 12.1 Å². The Labute approximate surface area is 117 Å². The summed E-state index contributed by atoms with van der Waals surface area (Å²) in [6.45, 7) is 3.92. The molecule has 1 aromatic heterocycles. The number of rotatable bonds is 3. The van der Waals surface area contributed by atoms with Crippen molar-refractivity contribution in [2.45, 2.75) is 25.4 Å². The van der Waals surface area contributed by atoms with E-state index in [1.54, 1.807) is 0 Å². The SMILES string of the molecule is Cc1[nH]c2ccccc2c1CN1CCC(N)(C(=O)O)C1. The number of hydrogen-bond acceptors (Lipinski definition) is 3. The Bertz CT molecular complexity index is 664. The van der Waals surface area contributed by atoms with Gasteiger partial charge in [-0.25, -0.2) is 0 Å². The summed E-state index contributed by atoms with van der Waals surface area (Å²) in [5.74, 6) is -0.907. The molecule has 5 heteroatoms. The van der Waals surface area contributed by atoms with E-state index >= 15 is 0 Å². The van der Waals surface area contributed by atoms with Gasteiger partial charge in [0, 0.05) is 36.2 Å². The van der Waals surface area contributed by atoms with Crippen LogP contribution in [0.2, 0.25) is 0 Å². The van der Waals surface area contributed by atoms with E-state index in [-0.39, 0.29) is 0 Å². The number of nitrogens with zero attached hydrogens (tertiary/aromatic N) is 1. The van der Waals surface area contributed by atoms with Gasteiger partial charge in [0.25, 0.3) is 0 Å². The van der Waals surface area contributed by atoms with Crippen molar-refractivity contribution >= 4 is 16.9 Å². The number of fused-ring (bicyclic) bond motifs is 1. The highest BCUT2D eigenvalue weighted by atomic mass is 16.4. The van der Waals surface area contributed by atoms with Crippen LogP contribution in [0.4, 0.5) is 0 Å². The van der Waals surface area contributed by atoms with Crippen molar-refractivity contribution in [1.82, 2.24) is 9.88 Å². The fraction of sp³-hybridized carbons (Fsp3) is 0.400. The number of nitrogens with two attached hydrogens (primary N) is 1. The van der Waals surface area contributed by atoms with Crippen molar-refractivity contribution in [3.8, 4) is 0 Å². The lowest BCUT2D eigenvalue weighted by molar-refractivity contribution is -0.142. The Morgan fingerprint density at radius 3 is 2.95 bits per heavy atom. The monoisotopic (exact) mass is 273 g/mol. The molecule has 1 aliphatic rings. The molecular formula is C15H19N3O2. The van der Waals surface area contributed by atoms with Gasteiger partial charge in [-0.3, -0.25) is 9.69 Å². The first-order chi connectivity index (χ1) is 9.49. The number of carboxylic acid groups (broad SMARTS) is 1. The number of carboxylic acids is 1. The molecule has 0 amide bonds. The number of para-hydroxylation sites is 1. The predicted octanol–water partition coefficient (Wildman–Crippen LogP) is 1.46. The molecule has 3 rings (SSSR count). The maximum absolute atomic E-state index is 11.2. The van der Waals surface area contributed by atoms with E-state index in [1.165, 1.54) is 10.9 Å². The van der Waals surface area contributed by atoms with E-state index < -0.39 is 11.5 Å². The lowest BCUT2D eigenvalue weighted by Crippen LogP contribution is -2.50. The Hall–Kier alpha value is -1.85. The third-order valence-electron chi connectivity index (χ3n) is 4.21. The third kappa shape index (κ3) is 2.09. The van der Waals surface area contributed by atoms with Gasteiger partial charge >= 0.3 is 5.97 Å². The minimum absolute atomic E-state index is 0.404. The second-order valence-electron chi connectivity index (χ2n) is 5.70. The van der Waals surface area contributed by atoms with Crippen LogP contribution in [0.15, 0.2) is 24.3 Å². The summed E-state index contributed by atoms with van der Waals surface area (Å²) in [7, 11) is 0. The second kappa shape index (κ2) is 4.61. The van der Waals surface area contributed by atoms with Crippen molar-refractivity contribution < 1.29 is 9.90 Å². The van der Waals surface area contributed by atoms with Gasteiger partial charge in [-0.2, -0.15) is 0 Å². The standard InChI is InChI=1S/C15H19N3O2/c1-10-12(11-4-2-3-5-13(11)17-10)8-18-7-6-15(16,9-18)14(19)20/h2-5,17H,6-9,16H2,1H3,(H,19,20). The number of aliphatic carboxylic acids is 1. The first kappa shape index (κ1) is 13.1. The Morgan fingerprint density at radius 2 is 2.25 bits per heavy atom. The molecule has 0 saturated carbocycles. The Kier molecular flexibility index (Phi) is 3.03. The smallest absolute Gasteiger partial charge is 0.325 e. The van der Waals surface area contributed by atoms with Crippen LogP contribution in [0.5, 0.6) is 0 Å². The zero-order chi connectivity index (χ0) is 14.3. The number of hydrogen-bond donors (Lipinski definition) is 3. The predicted molar refractivity (Wildman–Crippen MR) is 77.5 cm³/mol. The summed E-state index contributed by atoms with van der Waals surface area (Å²) < 4.78 is 0. The van der Waals surface area contributed by atoms with Gasteiger partial charge < -0.3 is 15.8 Å². The molecule has 0 aliphatic carbocycles. The molecule has 4 N–H and O–H groups in total. The van der Waals surface area contributed by atoms with Crippen LogP contribution < -0.4 is 5.73 Å². The maximum Gasteiger partial charge on any atom is 0.325 e. The number of carbonyl (C=O) groups is 1. The lowest BCUT2D eigenvalue weighted by atomic mass is 10.0. The quantitative estimate of drug-likeness (QED) is 0.790. The van der Waals surface area contributed by atoms with Crippen LogP contribution in [0, 0.1) is 6.92 Å². The number of nitrogens with one attached hydrogen (secondary N) is 1. The summed E-state index contributed by atoms with van der Waals surface area (Å²) in [5, 5.41) is 10.4. The van der Waals surface area contributed by atoms with E-state index in [0.717, 1.165) is 24.3 Å². The van der Waals surface area contributed by atoms with E-state index in [9.17, 15) is 9.90 Å². The summed E-state index contributed by atoms with van der Waals surface area (Å²) in [6, 6.07) is 8.18. The fourth-order valence-corrected chi connectivity index (χ4v) is 2.99. The summed E-state index contributed by atoms with van der Waals surface area (Å²) in [6.07, 6.45) is 0.504. The largest absolute Gasteiger partial charge is 0.480 e. The molecule has 0 spiro atoms. The van der Waals surface area contributed by atoms with Crippen LogP contribution in [-0.2, 0) is 11.3 Å². The normalized spacial score (nSPS) is 23.5. The van der Waals surface area contributed by atoms with Gasteiger partial charge in [0.05, 0.1) is 0 Å². The highest BCUT2D eigenvalue weighted by molar-refractivity contribution is 5.84. The number of aromatic nitrogens is 1. The summed E-state index contributed by atoms with van der Waals surface area (Å²) >= 11 is 0. The van der Waals surface area contributed by atoms with Crippen LogP contribution in [0.1, 0.15) is 17.7 Å². The molecule has 2 heterocycles. The molecule has 1 atom stereocenters. The molecule has 2 aromatic rings. The average molecular weight is 273 g/mol. The molecule has 1 unspecified atom stereocenters. The third-order valence-corrected chi connectivity index (χ3v) is 4.21. The summed E-state index contributed by atoms with van der Waals surface area (Å²) in [5.41, 5.74) is 8.31. The minimum atomic E-state index is -1.10. The Morgan fingerprint density at radius 1 is 1.50 bits per heavy atom. The minimum Gasteiger partial charge on any atom is -0.480 e. The lowest BCUT2D eigenvalue weighted by Gasteiger charge is -2.20. The van der Waals surface area contributed by atoms with Crippen molar-refractivity contribution in [2.75, 3.05) is 13.1 Å². The van der Waals surface area contributed by atoms with Crippen molar-refractivity contribution in [3.05, 3.63) is 35.5 Å².